The first-order valence-corrected chi connectivity index (χ1v) is 20.2. The van der Waals surface area contributed by atoms with E-state index in [9.17, 15) is 0 Å². The Labute approximate surface area is 308 Å². The van der Waals surface area contributed by atoms with Crippen LogP contribution in [0.3, 0.4) is 0 Å². The number of thiophene rings is 5. The maximum absolute atomic E-state index is 5.53. The summed E-state index contributed by atoms with van der Waals surface area (Å²) in [6.07, 6.45) is 0. The highest BCUT2D eigenvalue weighted by Gasteiger charge is 2.10. The van der Waals surface area contributed by atoms with Crippen LogP contribution in [-0.4, -0.2) is 4.57 Å². The highest BCUT2D eigenvalue weighted by Crippen LogP contribution is 2.36. The Morgan fingerprint density at radius 1 is 0.542 bits per heavy atom. The highest BCUT2D eigenvalue weighted by molar-refractivity contribution is 7.28. The number of aromatic nitrogens is 1. The Morgan fingerprint density at radius 3 is 1.69 bits per heavy atom. The van der Waals surface area contributed by atoms with Gasteiger partial charge in [0.1, 0.15) is 11.3 Å². The standard InChI is InChI=1S/C10H13NS.C10H10S.C9H10OS.C9H10S2.C2H6.CH4/c1-6-5-9-10(11(6)4)7(2)8(3)12-9;1-7-8(2)11-10-6-4-3-5-9(7)10;2*1-5-4-8-9(10-5)6(2)7(3)11-8;1-2;/h5H,1-4H3;3-6H,1-2H3;2*4H,1-3H3;1-2H3;1H4. The van der Waals surface area contributed by atoms with Crippen molar-refractivity contribution in [1.82, 2.24) is 4.57 Å². The third-order valence-electron chi connectivity index (χ3n) is 8.57. The molecule has 7 heterocycles. The summed E-state index contributed by atoms with van der Waals surface area (Å²) < 4.78 is 14.9. The summed E-state index contributed by atoms with van der Waals surface area (Å²) in [6, 6.07) is 15.2. The second-order valence-electron chi connectivity index (χ2n) is 11.8. The average Bonchev–Trinajstić information content (AvgIpc) is 3.88. The van der Waals surface area contributed by atoms with Gasteiger partial charge in [0.05, 0.1) is 14.9 Å². The SMILES string of the molecule is C.CC.Cc1cc2sc(C)c(C)c2o1.Cc1cc2sc(C)c(C)c2s1.Cc1sc2cc(C)n(C)c2c1C.Cc1sc2ccccc2c1C. The van der Waals surface area contributed by atoms with Crippen molar-refractivity contribution in [2.45, 2.75) is 97.4 Å². The van der Waals surface area contributed by atoms with Crippen LogP contribution in [0.15, 0.2) is 46.9 Å². The number of benzene rings is 1. The zero-order chi connectivity index (χ0) is 34.7. The van der Waals surface area contributed by atoms with Gasteiger partial charge in [-0.25, -0.2) is 0 Å². The van der Waals surface area contributed by atoms with Crippen molar-refractivity contribution < 1.29 is 4.42 Å². The van der Waals surface area contributed by atoms with E-state index >= 15 is 0 Å². The molecular weight excluding hydrogens is 683 g/mol. The van der Waals surface area contributed by atoms with Crippen LogP contribution >= 0.6 is 56.7 Å². The molecule has 0 spiro atoms. The summed E-state index contributed by atoms with van der Waals surface area (Å²) in [5, 5.41) is 1.41. The average molecular weight is 736 g/mol. The Hall–Kier alpha value is -2.68. The van der Waals surface area contributed by atoms with Gasteiger partial charge in [0.2, 0.25) is 0 Å². The van der Waals surface area contributed by atoms with E-state index < -0.39 is 0 Å². The second kappa shape index (κ2) is 16.8. The fourth-order valence-electron chi connectivity index (χ4n) is 5.37. The zero-order valence-corrected chi connectivity index (χ0v) is 34.5. The van der Waals surface area contributed by atoms with Crippen molar-refractivity contribution in [2.75, 3.05) is 0 Å². The number of hydrogen-bond donors (Lipinski definition) is 0. The Bertz CT molecular complexity index is 2140. The molecule has 0 atom stereocenters. The largest absolute Gasteiger partial charge is 0.460 e. The van der Waals surface area contributed by atoms with Gasteiger partial charge in [-0.3, -0.25) is 0 Å². The minimum Gasteiger partial charge on any atom is -0.460 e. The molecule has 0 unspecified atom stereocenters. The summed E-state index contributed by atoms with van der Waals surface area (Å²) in [5.41, 5.74) is 9.47. The fraction of sp³-hybridized carbons (Fsp3) is 0.366. The monoisotopic (exact) mass is 735 g/mol. The molecule has 0 aliphatic carbocycles. The maximum Gasteiger partial charge on any atom is 0.148 e. The van der Waals surface area contributed by atoms with E-state index in [1.165, 1.54) is 86.7 Å². The predicted octanol–water partition coefficient (Wildman–Crippen LogP) is 15.7. The lowest BCUT2D eigenvalue weighted by Gasteiger charge is -1.98. The van der Waals surface area contributed by atoms with E-state index in [1.54, 1.807) is 11.3 Å². The van der Waals surface area contributed by atoms with Crippen LogP contribution < -0.4 is 0 Å². The molecule has 48 heavy (non-hydrogen) atoms. The summed E-state index contributed by atoms with van der Waals surface area (Å²) >= 11 is 9.40. The third-order valence-corrected chi connectivity index (χ3v) is 14.5. The van der Waals surface area contributed by atoms with E-state index in [0.29, 0.717) is 0 Å². The molecule has 8 aromatic rings. The second-order valence-corrected chi connectivity index (χ2v) is 18.1. The van der Waals surface area contributed by atoms with Crippen LogP contribution in [0.1, 0.15) is 79.4 Å². The van der Waals surface area contributed by atoms with Crippen molar-refractivity contribution in [3.8, 4) is 0 Å². The topological polar surface area (TPSA) is 18.1 Å². The lowest BCUT2D eigenvalue weighted by molar-refractivity contribution is 0.576. The van der Waals surface area contributed by atoms with Crippen molar-refractivity contribution in [2.24, 2.45) is 7.05 Å². The molecule has 1 aromatic carbocycles. The van der Waals surface area contributed by atoms with Crippen LogP contribution in [0, 0.1) is 76.2 Å². The van der Waals surface area contributed by atoms with Crippen LogP contribution in [0.4, 0.5) is 0 Å². The fourth-order valence-corrected chi connectivity index (χ4v) is 11.1. The van der Waals surface area contributed by atoms with Crippen molar-refractivity contribution in [3.63, 3.8) is 0 Å². The van der Waals surface area contributed by atoms with Crippen LogP contribution in [0.5, 0.6) is 0 Å². The van der Waals surface area contributed by atoms with Crippen molar-refractivity contribution in [1.29, 1.82) is 0 Å². The van der Waals surface area contributed by atoms with E-state index in [-0.39, 0.29) is 7.43 Å². The molecule has 7 heteroatoms. The van der Waals surface area contributed by atoms with Gasteiger partial charge in [0, 0.05) is 56.8 Å². The van der Waals surface area contributed by atoms with Crippen LogP contribution in [0.2, 0.25) is 0 Å². The van der Waals surface area contributed by atoms with Gasteiger partial charge < -0.3 is 8.98 Å². The first kappa shape index (κ1) is 39.8. The van der Waals surface area contributed by atoms with Gasteiger partial charge in [-0.15, -0.1) is 56.7 Å². The van der Waals surface area contributed by atoms with Crippen molar-refractivity contribution in [3.05, 3.63) is 101 Å². The van der Waals surface area contributed by atoms with Gasteiger partial charge in [-0.2, -0.15) is 0 Å². The quantitative estimate of drug-likeness (QED) is 0.152. The van der Waals surface area contributed by atoms with Crippen LogP contribution in [-0.2, 0) is 7.05 Å². The van der Waals surface area contributed by atoms with Gasteiger partial charge in [-0.1, -0.05) is 39.5 Å². The van der Waals surface area contributed by atoms with E-state index in [0.717, 1.165) is 11.3 Å². The molecule has 0 aliphatic rings. The van der Waals surface area contributed by atoms with Gasteiger partial charge in [0.15, 0.2) is 0 Å². The minimum absolute atomic E-state index is 0. The molecule has 0 saturated heterocycles. The molecule has 8 rings (SSSR count). The lowest BCUT2D eigenvalue weighted by Crippen LogP contribution is -1.90. The van der Waals surface area contributed by atoms with Gasteiger partial charge in [0.25, 0.3) is 0 Å². The number of furan rings is 1. The first-order valence-electron chi connectivity index (χ1n) is 16.2. The summed E-state index contributed by atoms with van der Waals surface area (Å²) in [5.74, 6) is 1.01. The summed E-state index contributed by atoms with van der Waals surface area (Å²) in [7, 11) is 2.14. The highest BCUT2D eigenvalue weighted by atomic mass is 32.1. The molecule has 258 valence electrons. The van der Waals surface area contributed by atoms with E-state index in [1.807, 2.05) is 66.1 Å². The zero-order valence-electron chi connectivity index (χ0n) is 30.4. The van der Waals surface area contributed by atoms with Crippen LogP contribution in [0.25, 0.3) is 40.0 Å². The number of aryl methyl sites for hydroxylation is 12. The molecule has 2 nitrogen and oxygen atoms in total. The molecule has 0 aliphatic heterocycles. The molecule has 7 aromatic heterocycles. The normalized spacial score (nSPS) is 10.5. The Balaban J connectivity index is 0.000000169. The van der Waals surface area contributed by atoms with E-state index in [4.69, 9.17) is 4.42 Å². The molecule has 0 bridgehead atoms. The first-order chi connectivity index (χ1) is 22.3. The molecule has 0 fully saturated rings. The summed E-state index contributed by atoms with van der Waals surface area (Å²) in [6.45, 7) is 27.7. The molecule has 0 radical (unpaired) electrons. The number of hydrogen-bond acceptors (Lipinski definition) is 6. The minimum atomic E-state index is 0. The molecule has 0 saturated carbocycles. The molecule has 0 N–H and O–H groups in total. The maximum atomic E-state index is 5.53. The molecular formula is C41H53NOS5. The predicted molar refractivity (Wildman–Crippen MR) is 227 cm³/mol. The number of rotatable bonds is 0. The third kappa shape index (κ3) is 8.36. The van der Waals surface area contributed by atoms with Gasteiger partial charge >= 0.3 is 0 Å². The smallest absolute Gasteiger partial charge is 0.148 e. The lowest BCUT2D eigenvalue weighted by atomic mass is 10.2. The summed E-state index contributed by atoms with van der Waals surface area (Å²) in [4.78, 5) is 7.13. The number of nitrogens with zero attached hydrogens (tertiary/aromatic N) is 1. The van der Waals surface area contributed by atoms with E-state index in [2.05, 4.69) is 123 Å². The number of fused-ring (bicyclic) bond motifs is 4. The Kier molecular flexibility index (Phi) is 13.9. The Morgan fingerprint density at radius 2 is 1.08 bits per heavy atom. The van der Waals surface area contributed by atoms with Crippen molar-refractivity contribution >= 4 is 96.7 Å². The van der Waals surface area contributed by atoms with Gasteiger partial charge in [-0.05, 0) is 123 Å². The molecule has 0 amide bonds.